The van der Waals surface area contributed by atoms with Gasteiger partial charge in [0.2, 0.25) is 0 Å². The number of nitro groups is 1. The minimum Gasteiger partial charge on any atom is -0.382 e. The summed E-state index contributed by atoms with van der Waals surface area (Å²) < 4.78 is 0. The third kappa shape index (κ3) is 2.81. The van der Waals surface area contributed by atoms with E-state index in [1.165, 1.54) is 19.3 Å². The summed E-state index contributed by atoms with van der Waals surface area (Å²) in [5.41, 5.74) is 2.13. The molecule has 4 heteroatoms. The zero-order valence-electron chi connectivity index (χ0n) is 11.0. The first-order valence-corrected chi connectivity index (χ1v) is 6.59. The molecule has 0 heterocycles. The fourth-order valence-corrected chi connectivity index (χ4v) is 2.61. The predicted octanol–water partition coefficient (Wildman–Crippen LogP) is 3.89. The second kappa shape index (κ2) is 5.38. The fraction of sp³-hybridized carbons (Fsp3) is 0.571. The molecule has 1 N–H and O–H groups in total. The van der Waals surface area contributed by atoms with Gasteiger partial charge < -0.3 is 5.32 Å². The van der Waals surface area contributed by atoms with E-state index < -0.39 is 0 Å². The van der Waals surface area contributed by atoms with Crippen molar-refractivity contribution >= 4 is 11.4 Å². The van der Waals surface area contributed by atoms with Gasteiger partial charge in [-0.1, -0.05) is 25.8 Å². The van der Waals surface area contributed by atoms with Gasteiger partial charge in [-0.05, 0) is 31.2 Å². The Morgan fingerprint density at radius 2 is 2.06 bits per heavy atom. The first-order chi connectivity index (χ1) is 8.58. The Labute approximate surface area is 108 Å². The topological polar surface area (TPSA) is 55.2 Å². The quantitative estimate of drug-likeness (QED) is 0.652. The molecule has 0 aliphatic heterocycles. The molecule has 1 aromatic rings. The zero-order valence-corrected chi connectivity index (χ0v) is 11.0. The lowest BCUT2D eigenvalue weighted by Crippen LogP contribution is -2.30. The normalized spacial score (nSPS) is 23.7. The summed E-state index contributed by atoms with van der Waals surface area (Å²) in [6, 6.07) is 5.47. The number of nitrogens with zero attached hydrogens (tertiary/aromatic N) is 1. The van der Waals surface area contributed by atoms with Crippen LogP contribution in [0.5, 0.6) is 0 Å². The molecule has 1 aromatic carbocycles. The summed E-state index contributed by atoms with van der Waals surface area (Å²) in [5, 5.41) is 14.3. The van der Waals surface area contributed by atoms with Crippen molar-refractivity contribution in [3.05, 3.63) is 33.9 Å². The van der Waals surface area contributed by atoms with Gasteiger partial charge in [-0.2, -0.15) is 0 Å². The van der Waals surface area contributed by atoms with E-state index >= 15 is 0 Å². The number of non-ortho nitro benzene ring substituents is 1. The van der Waals surface area contributed by atoms with Gasteiger partial charge >= 0.3 is 0 Å². The molecule has 0 spiro atoms. The Balaban J connectivity index is 2.17. The number of nitro benzene ring substituents is 1. The highest BCUT2D eigenvalue weighted by molar-refractivity contribution is 5.57. The molecule has 1 aliphatic rings. The summed E-state index contributed by atoms with van der Waals surface area (Å²) in [5.74, 6) is 0.636. The van der Waals surface area contributed by atoms with E-state index in [1.54, 1.807) is 12.1 Å². The number of benzene rings is 1. The van der Waals surface area contributed by atoms with Crippen LogP contribution in [0, 0.1) is 23.0 Å². The Kier molecular flexibility index (Phi) is 3.84. The first kappa shape index (κ1) is 12.9. The number of aryl methyl sites for hydroxylation is 1. The van der Waals surface area contributed by atoms with E-state index in [2.05, 4.69) is 12.2 Å². The van der Waals surface area contributed by atoms with Crippen molar-refractivity contribution in [2.75, 3.05) is 5.32 Å². The maximum Gasteiger partial charge on any atom is 0.271 e. The number of hydrogen-bond donors (Lipinski definition) is 1. The summed E-state index contributed by atoms with van der Waals surface area (Å²) in [6.45, 7) is 4.24. The Morgan fingerprint density at radius 1 is 1.33 bits per heavy atom. The molecule has 1 aliphatic carbocycles. The van der Waals surface area contributed by atoms with E-state index in [1.807, 2.05) is 13.0 Å². The smallest absolute Gasteiger partial charge is 0.271 e. The van der Waals surface area contributed by atoms with Gasteiger partial charge in [0.05, 0.1) is 4.92 Å². The van der Waals surface area contributed by atoms with Crippen LogP contribution in [-0.2, 0) is 0 Å². The molecule has 0 bridgehead atoms. The highest BCUT2D eigenvalue weighted by atomic mass is 16.6. The van der Waals surface area contributed by atoms with Crippen LogP contribution in [-0.4, -0.2) is 11.0 Å². The average Bonchev–Trinajstić information content (AvgIpc) is 2.34. The van der Waals surface area contributed by atoms with Crippen LogP contribution in [0.3, 0.4) is 0 Å². The Bertz CT molecular complexity index is 445. The molecule has 0 aromatic heterocycles. The van der Waals surface area contributed by atoms with Crippen LogP contribution < -0.4 is 5.32 Å². The third-order valence-corrected chi connectivity index (χ3v) is 3.88. The maximum absolute atomic E-state index is 10.8. The molecule has 2 rings (SSSR count). The van der Waals surface area contributed by atoms with Crippen molar-refractivity contribution in [3.8, 4) is 0 Å². The van der Waals surface area contributed by atoms with Crippen LogP contribution in [0.25, 0.3) is 0 Å². The highest BCUT2D eigenvalue weighted by Crippen LogP contribution is 2.29. The monoisotopic (exact) mass is 248 g/mol. The van der Waals surface area contributed by atoms with Crippen LogP contribution >= 0.6 is 0 Å². The van der Waals surface area contributed by atoms with Gasteiger partial charge in [0, 0.05) is 23.9 Å². The van der Waals surface area contributed by atoms with Crippen molar-refractivity contribution in [2.45, 2.75) is 45.6 Å². The summed E-state index contributed by atoms with van der Waals surface area (Å²) in [6.07, 6.45) is 4.94. The van der Waals surface area contributed by atoms with Crippen LogP contribution in [0.4, 0.5) is 11.4 Å². The molecule has 2 unspecified atom stereocenters. The van der Waals surface area contributed by atoms with Crippen LogP contribution in [0.1, 0.15) is 38.2 Å². The molecule has 1 fully saturated rings. The van der Waals surface area contributed by atoms with Crippen molar-refractivity contribution in [1.82, 2.24) is 0 Å². The van der Waals surface area contributed by atoms with Gasteiger partial charge in [0.15, 0.2) is 0 Å². The van der Waals surface area contributed by atoms with Crippen molar-refractivity contribution < 1.29 is 4.92 Å². The van der Waals surface area contributed by atoms with E-state index in [0.717, 1.165) is 17.7 Å². The minimum atomic E-state index is -0.338. The zero-order chi connectivity index (χ0) is 13.1. The average molecular weight is 248 g/mol. The molecule has 2 atom stereocenters. The highest BCUT2D eigenvalue weighted by Gasteiger charge is 2.22. The summed E-state index contributed by atoms with van der Waals surface area (Å²) in [4.78, 5) is 10.5. The van der Waals surface area contributed by atoms with Gasteiger partial charge in [-0.15, -0.1) is 0 Å². The summed E-state index contributed by atoms with van der Waals surface area (Å²) in [7, 11) is 0. The number of anilines is 1. The molecule has 1 saturated carbocycles. The standard InChI is InChI=1S/C14H20N2O2/c1-10-5-3-4-6-13(10)15-14-9-12(16(17)18)8-7-11(14)2/h7-10,13,15H,3-6H2,1-2H3. The van der Waals surface area contributed by atoms with E-state index in [9.17, 15) is 10.1 Å². The molecular formula is C14H20N2O2. The SMILES string of the molecule is Cc1ccc([N+](=O)[O-])cc1NC1CCCCC1C. The van der Waals surface area contributed by atoms with Gasteiger partial charge in [0.1, 0.15) is 0 Å². The number of rotatable bonds is 3. The molecule has 0 amide bonds. The van der Waals surface area contributed by atoms with E-state index in [0.29, 0.717) is 12.0 Å². The molecular weight excluding hydrogens is 228 g/mol. The Hall–Kier alpha value is -1.58. The molecule has 0 radical (unpaired) electrons. The van der Waals surface area contributed by atoms with Crippen LogP contribution in [0.2, 0.25) is 0 Å². The van der Waals surface area contributed by atoms with Gasteiger partial charge in [-0.25, -0.2) is 0 Å². The fourth-order valence-electron chi connectivity index (χ4n) is 2.61. The minimum absolute atomic E-state index is 0.159. The lowest BCUT2D eigenvalue weighted by molar-refractivity contribution is -0.384. The second-order valence-corrected chi connectivity index (χ2v) is 5.27. The summed E-state index contributed by atoms with van der Waals surface area (Å²) >= 11 is 0. The number of hydrogen-bond acceptors (Lipinski definition) is 3. The Morgan fingerprint density at radius 3 is 2.72 bits per heavy atom. The molecule has 98 valence electrons. The van der Waals surface area contributed by atoms with Gasteiger partial charge in [0.25, 0.3) is 5.69 Å². The number of nitrogens with one attached hydrogen (secondary N) is 1. The molecule has 4 nitrogen and oxygen atoms in total. The van der Waals surface area contributed by atoms with E-state index in [-0.39, 0.29) is 10.6 Å². The lowest BCUT2D eigenvalue weighted by Gasteiger charge is -2.30. The van der Waals surface area contributed by atoms with Crippen molar-refractivity contribution in [1.29, 1.82) is 0 Å². The van der Waals surface area contributed by atoms with Crippen molar-refractivity contribution in [3.63, 3.8) is 0 Å². The van der Waals surface area contributed by atoms with Crippen LogP contribution in [0.15, 0.2) is 18.2 Å². The predicted molar refractivity (Wildman–Crippen MR) is 72.9 cm³/mol. The largest absolute Gasteiger partial charge is 0.382 e. The maximum atomic E-state index is 10.8. The first-order valence-electron chi connectivity index (χ1n) is 6.59. The third-order valence-electron chi connectivity index (χ3n) is 3.88. The second-order valence-electron chi connectivity index (χ2n) is 5.27. The lowest BCUT2D eigenvalue weighted by atomic mass is 9.85. The molecule has 18 heavy (non-hydrogen) atoms. The molecule has 0 saturated heterocycles. The van der Waals surface area contributed by atoms with Crippen molar-refractivity contribution in [2.24, 2.45) is 5.92 Å². The van der Waals surface area contributed by atoms with Gasteiger partial charge in [-0.3, -0.25) is 10.1 Å². The van der Waals surface area contributed by atoms with E-state index in [4.69, 9.17) is 0 Å².